The molecule has 2 aromatic heterocycles. The third-order valence-corrected chi connectivity index (χ3v) is 6.38. The van der Waals surface area contributed by atoms with Crippen LogP contribution in [0, 0.1) is 5.82 Å². The Kier molecular flexibility index (Phi) is 4.39. The fourth-order valence-corrected chi connectivity index (χ4v) is 4.47. The smallest absolute Gasteiger partial charge is 0.273 e. The number of para-hydroxylation sites is 1. The molecule has 3 aromatic rings. The third-order valence-electron chi connectivity index (χ3n) is 4.99. The van der Waals surface area contributed by atoms with Gasteiger partial charge in [-0.05, 0) is 36.5 Å². The minimum atomic E-state index is -3.72. The summed E-state index contributed by atoms with van der Waals surface area (Å²) in [5.74, 6) is -0.845. The second-order valence-corrected chi connectivity index (χ2v) is 9.16. The van der Waals surface area contributed by atoms with Crippen LogP contribution in [0.15, 0.2) is 38.8 Å². The van der Waals surface area contributed by atoms with Gasteiger partial charge in [0.15, 0.2) is 26.5 Å². The van der Waals surface area contributed by atoms with Crippen molar-refractivity contribution in [2.75, 3.05) is 6.26 Å². The predicted octanol–water partition coefficient (Wildman–Crippen LogP) is 2.54. The fourth-order valence-electron chi connectivity index (χ4n) is 3.45. The molecule has 1 N–H and O–H groups in total. The largest absolute Gasteiger partial charge is 0.334 e. The summed E-state index contributed by atoms with van der Waals surface area (Å²) in [4.78, 5) is 30.8. The van der Waals surface area contributed by atoms with Gasteiger partial charge in [-0.25, -0.2) is 27.2 Å². The van der Waals surface area contributed by atoms with Crippen LogP contribution in [0.5, 0.6) is 0 Å². The van der Waals surface area contributed by atoms with Crippen molar-refractivity contribution in [3.8, 4) is 5.69 Å². The van der Waals surface area contributed by atoms with Crippen molar-refractivity contribution in [1.82, 2.24) is 14.5 Å². The number of pyridine rings is 1. The first kappa shape index (κ1) is 18.8. The molecular formula is C18H15ClFN3O4S. The van der Waals surface area contributed by atoms with Crippen molar-refractivity contribution in [2.24, 2.45) is 0 Å². The Morgan fingerprint density at radius 2 is 2.00 bits per heavy atom. The van der Waals surface area contributed by atoms with E-state index in [2.05, 4.69) is 9.97 Å². The lowest BCUT2D eigenvalue weighted by molar-refractivity contribution is 0.418. The predicted molar refractivity (Wildman–Crippen MR) is 103 cm³/mol. The van der Waals surface area contributed by atoms with Crippen molar-refractivity contribution in [3.63, 3.8) is 0 Å². The molecule has 1 fully saturated rings. The highest BCUT2D eigenvalue weighted by atomic mass is 35.5. The minimum Gasteiger partial charge on any atom is -0.273 e. The first-order chi connectivity index (χ1) is 13.2. The number of hydrogen-bond acceptors (Lipinski definition) is 5. The van der Waals surface area contributed by atoms with Gasteiger partial charge >= 0.3 is 5.69 Å². The van der Waals surface area contributed by atoms with Gasteiger partial charge in [0.25, 0.3) is 5.56 Å². The zero-order chi connectivity index (χ0) is 20.2. The molecule has 7 nitrogen and oxygen atoms in total. The molecule has 0 saturated heterocycles. The van der Waals surface area contributed by atoms with Crippen LogP contribution in [0.2, 0.25) is 5.15 Å². The van der Waals surface area contributed by atoms with E-state index in [1.54, 1.807) is 12.1 Å². The number of nitrogens with one attached hydrogen (secondary N) is 1. The molecule has 10 heteroatoms. The average molecular weight is 424 g/mol. The lowest BCUT2D eigenvalue weighted by Crippen LogP contribution is -2.32. The van der Waals surface area contributed by atoms with Crippen molar-refractivity contribution in [1.29, 1.82) is 0 Å². The number of nitrogens with zero attached hydrogens (tertiary/aromatic N) is 2. The molecule has 146 valence electrons. The second-order valence-electron chi connectivity index (χ2n) is 6.82. The standard InChI is InChI=1S/C18H15ClFN3O4S/c1-28(26,27)13-7-3-6-10(9-4-2-5-9)14(13)23-16-11(17(24)22-18(23)25)8-12(20)15(19)21-16/h3,6-9H,2,4-5H2,1H3,(H,22,24,25). The van der Waals surface area contributed by atoms with Gasteiger partial charge < -0.3 is 0 Å². The first-order valence-electron chi connectivity index (χ1n) is 8.53. The molecular weight excluding hydrogens is 409 g/mol. The summed E-state index contributed by atoms with van der Waals surface area (Å²) in [6, 6.07) is 5.64. The van der Waals surface area contributed by atoms with E-state index in [-0.39, 0.29) is 27.5 Å². The van der Waals surface area contributed by atoms with Crippen molar-refractivity contribution in [3.05, 3.63) is 61.6 Å². The molecule has 0 spiro atoms. The number of benzene rings is 1. The van der Waals surface area contributed by atoms with E-state index in [1.807, 2.05) is 0 Å². The molecule has 0 unspecified atom stereocenters. The monoisotopic (exact) mass is 423 g/mol. The molecule has 1 aliphatic carbocycles. The molecule has 28 heavy (non-hydrogen) atoms. The summed E-state index contributed by atoms with van der Waals surface area (Å²) in [6.45, 7) is 0. The normalized spacial score (nSPS) is 15.0. The van der Waals surface area contributed by atoms with Crippen LogP contribution < -0.4 is 11.2 Å². The minimum absolute atomic E-state index is 0.0708. The van der Waals surface area contributed by atoms with Gasteiger partial charge in [0.05, 0.1) is 16.0 Å². The Bertz CT molecular complexity index is 1340. The Morgan fingerprint density at radius 3 is 2.61 bits per heavy atom. The maximum Gasteiger partial charge on any atom is 0.334 e. The summed E-state index contributed by atoms with van der Waals surface area (Å²) < 4.78 is 39.8. The zero-order valence-corrected chi connectivity index (χ0v) is 16.3. The van der Waals surface area contributed by atoms with Crippen LogP contribution in [-0.2, 0) is 9.84 Å². The number of sulfone groups is 1. The van der Waals surface area contributed by atoms with Crippen LogP contribution >= 0.6 is 11.6 Å². The van der Waals surface area contributed by atoms with E-state index < -0.39 is 32.1 Å². The molecule has 1 aromatic carbocycles. The van der Waals surface area contributed by atoms with Crippen LogP contribution in [0.4, 0.5) is 4.39 Å². The SMILES string of the molecule is CS(=O)(=O)c1cccc(C2CCC2)c1-n1c(=O)[nH]c(=O)c2cc(F)c(Cl)nc21. The van der Waals surface area contributed by atoms with Crippen molar-refractivity contribution in [2.45, 2.75) is 30.1 Å². The molecule has 0 atom stereocenters. The molecule has 4 rings (SSSR count). The van der Waals surface area contributed by atoms with Gasteiger partial charge in [0, 0.05) is 6.26 Å². The van der Waals surface area contributed by atoms with Crippen molar-refractivity contribution >= 4 is 32.5 Å². The van der Waals surface area contributed by atoms with E-state index in [9.17, 15) is 22.4 Å². The van der Waals surface area contributed by atoms with Crippen LogP contribution in [0.25, 0.3) is 16.7 Å². The number of rotatable bonds is 3. The fraction of sp³-hybridized carbons (Fsp3) is 0.278. The van der Waals surface area contributed by atoms with Gasteiger partial charge in [-0.15, -0.1) is 0 Å². The lowest BCUT2D eigenvalue weighted by Gasteiger charge is -2.29. The van der Waals surface area contributed by atoms with Gasteiger partial charge in [0.1, 0.15) is 0 Å². The van der Waals surface area contributed by atoms with E-state index in [0.717, 1.165) is 36.2 Å². The Balaban J connectivity index is 2.22. The van der Waals surface area contributed by atoms with E-state index >= 15 is 0 Å². The topological polar surface area (TPSA) is 102 Å². The summed E-state index contributed by atoms with van der Waals surface area (Å²) >= 11 is 5.79. The second kappa shape index (κ2) is 6.52. The molecule has 1 saturated carbocycles. The molecule has 0 bridgehead atoms. The number of hydrogen-bond donors (Lipinski definition) is 1. The highest BCUT2D eigenvalue weighted by molar-refractivity contribution is 7.90. The van der Waals surface area contributed by atoms with E-state index in [0.29, 0.717) is 5.56 Å². The van der Waals surface area contributed by atoms with Crippen molar-refractivity contribution < 1.29 is 12.8 Å². The van der Waals surface area contributed by atoms with E-state index in [4.69, 9.17) is 11.6 Å². The van der Waals surface area contributed by atoms with Crippen LogP contribution in [0.3, 0.4) is 0 Å². The highest BCUT2D eigenvalue weighted by Gasteiger charge is 2.29. The molecule has 0 aliphatic heterocycles. The summed E-state index contributed by atoms with van der Waals surface area (Å²) in [6.07, 6.45) is 3.72. The quantitative estimate of drug-likeness (QED) is 0.652. The number of aromatic amines is 1. The third kappa shape index (κ3) is 2.94. The van der Waals surface area contributed by atoms with E-state index in [1.165, 1.54) is 6.07 Å². The van der Waals surface area contributed by atoms with Crippen LogP contribution in [0.1, 0.15) is 30.7 Å². The van der Waals surface area contributed by atoms with Crippen LogP contribution in [-0.4, -0.2) is 29.2 Å². The number of aromatic nitrogens is 3. The summed E-state index contributed by atoms with van der Waals surface area (Å²) in [7, 11) is -3.72. The van der Waals surface area contributed by atoms with Gasteiger partial charge in [-0.2, -0.15) is 0 Å². The summed E-state index contributed by atoms with van der Waals surface area (Å²) in [5.41, 5.74) is -1.12. The molecule has 0 amide bonds. The molecule has 0 radical (unpaired) electrons. The summed E-state index contributed by atoms with van der Waals surface area (Å²) in [5, 5.41) is -0.724. The zero-order valence-electron chi connectivity index (χ0n) is 14.7. The van der Waals surface area contributed by atoms with Gasteiger partial charge in [-0.1, -0.05) is 30.2 Å². The maximum atomic E-state index is 13.9. The Labute approximate surface area is 163 Å². The molecule has 1 aliphatic rings. The Morgan fingerprint density at radius 1 is 1.29 bits per heavy atom. The van der Waals surface area contributed by atoms with Gasteiger partial charge in [0.2, 0.25) is 0 Å². The van der Waals surface area contributed by atoms with Gasteiger partial charge in [-0.3, -0.25) is 9.78 Å². The molecule has 2 heterocycles. The average Bonchev–Trinajstić information content (AvgIpc) is 2.55. The lowest BCUT2D eigenvalue weighted by atomic mass is 9.79. The Hall–Kier alpha value is -2.52. The number of H-pyrrole nitrogens is 1. The number of halogens is 2. The maximum absolute atomic E-state index is 13.9. The number of fused-ring (bicyclic) bond motifs is 1. The highest BCUT2D eigenvalue weighted by Crippen LogP contribution is 2.41. The first-order valence-corrected chi connectivity index (χ1v) is 10.8.